The highest BCUT2D eigenvalue weighted by molar-refractivity contribution is 8.13. The van der Waals surface area contributed by atoms with E-state index >= 15 is 0 Å². The number of amides is 2. The Morgan fingerprint density at radius 1 is 1.43 bits per heavy atom. The SMILES string of the molecule is CC(c1cc2ccccc2o1)N(C)C(=O)CCN1CCSC1=O. The minimum Gasteiger partial charge on any atom is -0.459 e. The van der Waals surface area contributed by atoms with Crippen molar-refractivity contribution in [1.29, 1.82) is 0 Å². The molecule has 0 saturated carbocycles. The fourth-order valence-electron chi connectivity index (χ4n) is 2.65. The Hall–Kier alpha value is -1.95. The predicted octanol–water partition coefficient (Wildman–Crippen LogP) is 3.51. The fourth-order valence-corrected chi connectivity index (χ4v) is 3.50. The number of nitrogens with zero attached hydrogens (tertiary/aromatic N) is 2. The first-order valence-electron chi connectivity index (χ1n) is 7.72. The number of hydrogen-bond acceptors (Lipinski definition) is 4. The van der Waals surface area contributed by atoms with Gasteiger partial charge in [-0.2, -0.15) is 0 Å². The molecule has 2 heterocycles. The van der Waals surface area contributed by atoms with Crippen LogP contribution in [0, 0.1) is 0 Å². The molecule has 0 spiro atoms. The molecule has 1 fully saturated rings. The van der Waals surface area contributed by atoms with Gasteiger partial charge in [-0.25, -0.2) is 0 Å². The second-order valence-electron chi connectivity index (χ2n) is 5.72. The lowest BCUT2D eigenvalue weighted by atomic mass is 10.2. The van der Waals surface area contributed by atoms with Crippen LogP contribution in [-0.4, -0.2) is 46.8 Å². The number of fused-ring (bicyclic) bond motifs is 1. The average molecular weight is 332 g/mol. The first-order valence-corrected chi connectivity index (χ1v) is 8.70. The molecule has 1 saturated heterocycles. The van der Waals surface area contributed by atoms with Crippen LogP contribution in [0.2, 0.25) is 0 Å². The van der Waals surface area contributed by atoms with Crippen molar-refractivity contribution in [1.82, 2.24) is 9.80 Å². The van der Waals surface area contributed by atoms with E-state index in [0.29, 0.717) is 13.0 Å². The third kappa shape index (κ3) is 3.37. The molecule has 3 rings (SSSR count). The van der Waals surface area contributed by atoms with Gasteiger partial charge in [0.25, 0.3) is 5.24 Å². The lowest BCUT2D eigenvalue weighted by Gasteiger charge is -2.24. The molecule has 0 radical (unpaired) electrons. The summed E-state index contributed by atoms with van der Waals surface area (Å²) in [7, 11) is 1.78. The van der Waals surface area contributed by atoms with Crippen molar-refractivity contribution in [2.75, 3.05) is 25.9 Å². The number of hydrogen-bond donors (Lipinski definition) is 0. The van der Waals surface area contributed by atoms with Gasteiger partial charge in [-0.15, -0.1) is 0 Å². The van der Waals surface area contributed by atoms with E-state index in [1.165, 1.54) is 11.8 Å². The van der Waals surface area contributed by atoms with Crippen LogP contribution in [0.3, 0.4) is 0 Å². The van der Waals surface area contributed by atoms with Gasteiger partial charge >= 0.3 is 0 Å². The van der Waals surface area contributed by atoms with E-state index in [1.807, 2.05) is 37.3 Å². The van der Waals surface area contributed by atoms with Gasteiger partial charge in [0.15, 0.2) is 0 Å². The molecule has 1 aliphatic heterocycles. The van der Waals surface area contributed by atoms with E-state index in [0.717, 1.165) is 29.0 Å². The van der Waals surface area contributed by atoms with E-state index < -0.39 is 0 Å². The molecule has 5 nitrogen and oxygen atoms in total. The van der Waals surface area contributed by atoms with Gasteiger partial charge in [-0.05, 0) is 19.1 Å². The Balaban J connectivity index is 1.62. The summed E-state index contributed by atoms with van der Waals surface area (Å²) in [5.74, 6) is 1.61. The number of benzene rings is 1. The third-order valence-corrected chi connectivity index (χ3v) is 5.16. The number of carbonyl (C=O) groups excluding carboxylic acids is 2. The quantitative estimate of drug-likeness (QED) is 0.841. The topological polar surface area (TPSA) is 53.8 Å². The van der Waals surface area contributed by atoms with E-state index in [9.17, 15) is 9.59 Å². The van der Waals surface area contributed by atoms with Gasteiger partial charge in [0, 0.05) is 37.7 Å². The number of rotatable bonds is 5. The van der Waals surface area contributed by atoms with E-state index in [1.54, 1.807) is 16.8 Å². The van der Waals surface area contributed by atoms with E-state index in [-0.39, 0.29) is 17.2 Å². The van der Waals surface area contributed by atoms with Crippen molar-refractivity contribution in [3.8, 4) is 0 Å². The monoisotopic (exact) mass is 332 g/mol. The van der Waals surface area contributed by atoms with Crippen LogP contribution in [0.1, 0.15) is 25.1 Å². The summed E-state index contributed by atoms with van der Waals surface area (Å²) < 4.78 is 5.83. The molecular weight excluding hydrogens is 312 g/mol. The molecule has 6 heteroatoms. The maximum Gasteiger partial charge on any atom is 0.281 e. The molecule has 2 aromatic rings. The standard InChI is InChI=1S/C17H20N2O3S/c1-12(15-11-13-5-3-4-6-14(13)22-15)18(2)16(20)7-8-19-9-10-23-17(19)21/h3-6,11-12H,7-10H2,1-2H3. The minimum absolute atomic E-state index is 0.0163. The van der Waals surface area contributed by atoms with Gasteiger partial charge < -0.3 is 14.2 Å². The molecule has 2 amide bonds. The molecule has 122 valence electrons. The predicted molar refractivity (Wildman–Crippen MR) is 91.4 cm³/mol. The Morgan fingerprint density at radius 2 is 2.22 bits per heavy atom. The average Bonchev–Trinajstić information content (AvgIpc) is 3.17. The Morgan fingerprint density at radius 3 is 2.91 bits per heavy atom. The van der Waals surface area contributed by atoms with Gasteiger partial charge in [-0.3, -0.25) is 9.59 Å². The molecule has 1 aromatic carbocycles. The second kappa shape index (κ2) is 6.66. The second-order valence-corrected chi connectivity index (χ2v) is 6.76. The number of carbonyl (C=O) groups is 2. The first kappa shape index (κ1) is 15.9. The van der Waals surface area contributed by atoms with Gasteiger partial charge in [0.2, 0.25) is 5.91 Å². The Labute approximate surface area is 139 Å². The molecule has 1 aromatic heterocycles. The van der Waals surface area contributed by atoms with Crippen molar-refractivity contribution in [2.45, 2.75) is 19.4 Å². The lowest BCUT2D eigenvalue weighted by Crippen LogP contribution is -2.33. The summed E-state index contributed by atoms with van der Waals surface area (Å²) in [5.41, 5.74) is 0.829. The maximum atomic E-state index is 12.4. The van der Waals surface area contributed by atoms with Crippen LogP contribution in [0.5, 0.6) is 0 Å². The highest BCUT2D eigenvalue weighted by Gasteiger charge is 2.24. The van der Waals surface area contributed by atoms with Crippen LogP contribution in [0.25, 0.3) is 11.0 Å². The maximum absolute atomic E-state index is 12.4. The minimum atomic E-state index is -0.140. The zero-order valence-corrected chi connectivity index (χ0v) is 14.1. The Kier molecular flexibility index (Phi) is 4.61. The highest BCUT2D eigenvalue weighted by atomic mass is 32.2. The van der Waals surface area contributed by atoms with Gasteiger partial charge in [-0.1, -0.05) is 30.0 Å². The van der Waals surface area contributed by atoms with Crippen molar-refractivity contribution < 1.29 is 14.0 Å². The zero-order valence-electron chi connectivity index (χ0n) is 13.3. The number of furan rings is 1. The summed E-state index contributed by atoms with van der Waals surface area (Å²) in [4.78, 5) is 27.4. The molecular formula is C17H20N2O3S. The summed E-state index contributed by atoms with van der Waals surface area (Å²) in [6.07, 6.45) is 0.341. The summed E-state index contributed by atoms with van der Waals surface area (Å²) in [6.45, 7) is 3.17. The van der Waals surface area contributed by atoms with Crippen LogP contribution < -0.4 is 0 Å². The van der Waals surface area contributed by atoms with Crippen molar-refractivity contribution in [2.24, 2.45) is 0 Å². The Bertz CT molecular complexity index is 694. The van der Waals surface area contributed by atoms with Crippen LogP contribution in [-0.2, 0) is 4.79 Å². The van der Waals surface area contributed by atoms with Crippen LogP contribution in [0.15, 0.2) is 34.7 Å². The molecule has 1 atom stereocenters. The number of thioether (sulfide) groups is 1. The third-order valence-electron chi connectivity index (χ3n) is 4.27. The molecule has 1 unspecified atom stereocenters. The van der Waals surface area contributed by atoms with E-state index in [4.69, 9.17) is 4.42 Å². The normalized spacial score (nSPS) is 16.1. The molecule has 1 aliphatic rings. The summed E-state index contributed by atoms with van der Waals surface area (Å²) >= 11 is 1.32. The largest absolute Gasteiger partial charge is 0.459 e. The smallest absolute Gasteiger partial charge is 0.281 e. The first-order chi connectivity index (χ1) is 11.1. The fraction of sp³-hybridized carbons (Fsp3) is 0.412. The molecule has 0 N–H and O–H groups in total. The van der Waals surface area contributed by atoms with Crippen molar-refractivity contribution in [3.05, 3.63) is 36.1 Å². The van der Waals surface area contributed by atoms with Gasteiger partial charge in [0.1, 0.15) is 11.3 Å². The van der Waals surface area contributed by atoms with Crippen molar-refractivity contribution in [3.63, 3.8) is 0 Å². The zero-order chi connectivity index (χ0) is 16.4. The van der Waals surface area contributed by atoms with Crippen LogP contribution >= 0.6 is 11.8 Å². The molecule has 23 heavy (non-hydrogen) atoms. The summed E-state index contributed by atoms with van der Waals surface area (Å²) in [5, 5.41) is 1.11. The van der Waals surface area contributed by atoms with E-state index in [2.05, 4.69) is 0 Å². The van der Waals surface area contributed by atoms with Crippen LogP contribution in [0.4, 0.5) is 4.79 Å². The lowest BCUT2D eigenvalue weighted by molar-refractivity contribution is -0.132. The summed E-state index contributed by atoms with van der Waals surface area (Å²) in [6, 6.07) is 9.65. The van der Waals surface area contributed by atoms with Gasteiger partial charge in [0.05, 0.1) is 6.04 Å². The number of para-hydroxylation sites is 1. The molecule has 0 bridgehead atoms. The molecule has 0 aliphatic carbocycles. The highest BCUT2D eigenvalue weighted by Crippen LogP contribution is 2.27. The van der Waals surface area contributed by atoms with Crippen molar-refractivity contribution >= 4 is 33.9 Å².